The van der Waals surface area contributed by atoms with Crippen molar-refractivity contribution >= 4 is 34.4 Å². The van der Waals surface area contributed by atoms with Crippen LogP contribution < -0.4 is 4.74 Å². The average Bonchev–Trinajstić information content (AvgIpc) is 3.04. The van der Waals surface area contributed by atoms with Crippen LogP contribution in [0.25, 0.3) is 0 Å². The first-order valence-corrected chi connectivity index (χ1v) is 10.0. The van der Waals surface area contributed by atoms with Gasteiger partial charge in [0, 0.05) is 16.5 Å². The van der Waals surface area contributed by atoms with Crippen LogP contribution in [0.4, 0.5) is 0 Å². The van der Waals surface area contributed by atoms with Gasteiger partial charge in [0.2, 0.25) is 4.77 Å². The molecule has 2 aromatic carbocycles. The number of unbranched alkanes of at least 4 members (excludes halogenated alkanes) is 1. The Bertz CT molecular complexity index is 963. The molecule has 3 rings (SSSR count). The fourth-order valence-corrected chi connectivity index (χ4v) is 2.98. The number of aromatic amines is 1. The van der Waals surface area contributed by atoms with Crippen molar-refractivity contribution in [3.63, 3.8) is 0 Å². The van der Waals surface area contributed by atoms with E-state index in [4.69, 9.17) is 17.0 Å². The van der Waals surface area contributed by atoms with Crippen molar-refractivity contribution in [2.75, 3.05) is 0 Å². The fraction of sp³-hybridized carbons (Fsp3) is 0.250. The normalized spacial score (nSPS) is 11.2. The second-order valence-corrected chi connectivity index (χ2v) is 7.36. The van der Waals surface area contributed by atoms with Crippen LogP contribution in [-0.2, 0) is 13.0 Å². The van der Waals surface area contributed by atoms with Crippen molar-refractivity contribution in [2.45, 2.75) is 32.8 Å². The first-order valence-electron chi connectivity index (χ1n) is 8.84. The van der Waals surface area contributed by atoms with E-state index in [2.05, 4.69) is 38.2 Å². The van der Waals surface area contributed by atoms with Gasteiger partial charge in [-0.2, -0.15) is 14.9 Å². The summed E-state index contributed by atoms with van der Waals surface area (Å²) < 4.78 is 9.21. The summed E-state index contributed by atoms with van der Waals surface area (Å²) in [7, 11) is 0. The average molecular weight is 445 g/mol. The number of hydrogen-bond acceptors (Lipinski definition) is 4. The van der Waals surface area contributed by atoms with Crippen molar-refractivity contribution in [3.8, 4) is 5.75 Å². The number of nitrogens with zero attached hydrogens (tertiary/aromatic N) is 3. The summed E-state index contributed by atoms with van der Waals surface area (Å²) in [6, 6.07) is 15.9. The highest BCUT2D eigenvalue weighted by Gasteiger charge is 2.06. The lowest BCUT2D eigenvalue weighted by atomic mass is 10.2. The van der Waals surface area contributed by atoms with Crippen LogP contribution in [0, 0.1) is 4.77 Å². The molecule has 0 fully saturated rings. The van der Waals surface area contributed by atoms with Crippen LogP contribution in [0.2, 0.25) is 0 Å². The number of nitrogens with one attached hydrogen (secondary N) is 1. The molecule has 0 aliphatic heterocycles. The SMILES string of the molecule is CCCCc1n[nH]c(=S)n1/N=C/c1ccccc1OCc1ccc(Br)cc1. The van der Waals surface area contributed by atoms with E-state index in [9.17, 15) is 0 Å². The monoisotopic (exact) mass is 444 g/mol. The van der Waals surface area contributed by atoms with Gasteiger partial charge < -0.3 is 4.74 Å². The smallest absolute Gasteiger partial charge is 0.216 e. The number of ether oxygens (including phenoxy) is 1. The Morgan fingerprint density at radius 2 is 2.00 bits per heavy atom. The molecule has 0 atom stereocenters. The van der Waals surface area contributed by atoms with Crippen LogP contribution in [-0.4, -0.2) is 21.1 Å². The van der Waals surface area contributed by atoms with Crippen LogP contribution in [0.1, 0.15) is 36.7 Å². The summed E-state index contributed by atoms with van der Waals surface area (Å²) in [6.45, 7) is 2.64. The van der Waals surface area contributed by atoms with Gasteiger partial charge in [-0.1, -0.05) is 53.5 Å². The molecule has 0 unspecified atom stereocenters. The van der Waals surface area contributed by atoms with E-state index in [-0.39, 0.29) is 0 Å². The molecular formula is C20H21BrN4OS. The van der Waals surface area contributed by atoms with Crippen molar-refractivity contribution in [2.24, 2.45) is 5.10 Å². The summed E-state index contributed by atoms with van der Waals surface area (Å²) >= 11 is 8.74. The topological polar surface area (TPSA) is 55.2 Å². The van der Waals surface area contributed by atoms with E-state index in [0.717, 1.165) is 46.4 Å². The van der Waals surface area contributed by atoms with Crippen molar-refractivity contribution in [3.05, 3.63) is 74.7 Å². The number of hydrogen-bond donors (Lipinski definition) is 1. The minimum Gasteiger partial charge on any atom is -0.488 e. The van der Waals surface area contributed by atoms with Crippen molar-refractivity contribution < 1.29 is 4.74 Å². The number of rotatable bonds is 8. The predicted octanol–water partition coefficient (Wildman–Crippen LogP) is 5.51. The van der Waals surface area contributed by atoms with Gasteiger partial charge in [-0.15, -0.1) is 0 Å². The second-order valence-electron chi connectivity index (χ2n) is 6.06. The Morgan fingerprint density at radius 1 is 1.22 bits per heavy atom. The van der Waals surface area contributed by atoms with Crippen LogP contribution >= 0.6 is 28.1 Å². The Hall–Kier alpha value is -2.25. The fourth-order valence-electron chi connectivity index (χ4n) is 2.52. The molecule has 1 heterocycles. The highest BCUT2D eigenvalue weighted by atomic mass is 79.9. The van der Waals surface area contributed by atoms with E-state index in [0.29, 0.717) is 11.4 Å². The zero-order valence-corrected chi connectivity index (χ0v) is 17.5. The van der Waals surface area contributed by atoms with Crippen LogP contribution in [0.15, 0.2) is 58.1 Å². The van der Waals surface area contributed by atoms with Gasteiger partial charge in [-0.25, -0.2) is 0 Å². The molecule has 7 heteroatoms. The maximum Gasteiger partial charge on any atom is 0.216 e. The molecule has 0 amide bonds. The summed E-state index contributed by atoms with van der Waals surface area (Å²) in [5.41, 5.74) is 1.99. The van der Waals surface area contributed by atoms with Gasteiger partial charge in [0.05, 0.1) is 6.21 Å². The highest BCUT2D eigenvalue weighted by molar-refractivity contribution is 9.10. The second kappa shape index (κ2) is 9.62. The molecule has 5 nitrogen and oxygen atoms in total. The van der Waals surface area contributed by atoms with Gasteiger partial charge in [0.1, 0.15) is 12.4 Å². The predicted molar refractivity (Wildman–Crippen MR) is 114 cm³/mol. The Balaban J connectivity index is 1.76. The zero-order chi connectivity index (χ0) is 19.1. The first-order chi connectivity index (χ1) is 13.2. The molecule has 1 N–H and O–H groups in total. The molecule has 27 heavy (non-hydrogen) atoms. The molecular weight excluding hydrogens is 424 g/mol. The quantitative estimate of drug-likeness (QED) is 0.368. The highest BCUT2D eigenvalue weighted by Crippen LogP contribution is 2.19. The number of halogens is 1. The minimum atomic E-state index is 0.491. The third-order valence-corrected chi connectivity index (χ3v) is 4.80. The number of aromatic nitrogens is 3. The Morgan fingerprint density at radius 3 is 2.78 bits per heavy atom. The van der Waals surface area contributed by atoms with E-state index < -0.39 is 0 Å². The van der Waals surface area contributed by atoms with Crippen molar-refractivity contribution in [1.82, 2.24) is 14.9 Å². The molecule has 0 saturated carbocycles. The van der Waals surface area contributed by atoms with Crippen molar-refractivity contribution in [1.29, 1.82) is 0 Å². The lowest BCUT2D eigenvalue weighted by molar-refractivity contribution is 0.306. The number of para-hydroxylation sites is 1. The zero-order valence-electron chi connectivity index (χ0n) is 15.1. The molecule has 0 saturated heterocycles. The third-order valence-electron chi connectivity index (χ3n) is 4.01. The number of benzene rings is 2. The van der Waals surface area contributed by atoms with E-state index >= 15 is 0 Å². The Kier molecular flexibility index (Phi) is 6.95. The molecule has 1 aromatic heterocycles. The lowest BCUT2D eigenvalue weighted by Crippen LogP contribution is -2.01. The number of H-pyrrole nitrogens is 1. The number of aryl methyl sites for hydroxylation is 1. The summed E-state index contributed by atoms with van der Waals surface area (Å²) in [4.78, 5) is 0. The third kappa shape index (κ3) is 5.37. The van der Waals surface area contributed by atoms with Gasteiger partial charge in [0.25, 0.3) is 0 Å². The van der Waals surface area contributed by atoms with Crippen LogP contribution in [0.5, 0.6) is 5.75 Å². The molecule has 0 aliphatic rings. The van der Waals surface area contributed by atoms with E-state index in [1.807, 2.05) is 48.5 Å². The Labute approximate surface area is 172 Å². The molecule has 3 aromatic rings. The first kappa shape index (κ1) is 19.5. The summed E-state index contributed by atoms with van der Waals surface area (Å²) in [5.74, 6) is 1.61. The summed E-state index contributed by atoms with van der Waals surface area (Å²) in [5, 5.41) is 11.6. The van der Waals surface area contributed by atoms with Gasteiger partial charge >= 0.3 is 0 Å². The standard InChI is InChI=1S/C20H21BrN4OS/c1-2-3-8-19-23-24-20(27)25(19)22-13-16-6-4-5-7-18(16)26-14-15-9-11-17(21)12-10-15/h4-7,9-13H,2-3,8,14H2,1H3,(H,24,27)/b22-13+. The molecule has 0 spiro atoms. The van der Waals surface area contributed by atoms with E-state index in [1.165, 1.54) is 0 Å². The molecule has 140 valence electrons. The maximum atomic E-state index is 5.99. The molecule has 0 aliphatic carbocycles. The van der Waals surface area contributed by atoms with Gasteiger partial charge in [0.15, 0.2) is 5.82 Å². The molecule has 0 bridgehead atoms. The largest absolute Gasteiger partial charge is 0.488 e. The van der Waals surface area contributed by atoms with Crippen LogP contribution in [0.3, 0.4) is 0 Å². The maximum absolute atomic E-state index is 5.99. The van der Waals surface area contributed by atoms with E-state index in [1.54, 1.807) is 10.9 Å². The van der Waals surface area contributed by atoms with Gasteiger partial charge in [-0.3, -0.25) is 5.10 Å². The summed E-state index contributed by atoms with van der Waals surface area (Å²) in [6.07, 6.45) is 4.73. The molecule has 0 radical (unpaired) electrons. The van der Waals surface area contributed by atoms with Gasteiger partial charge in [-0.05, 0) is 48.5 Å². The minimum absolute atomic E-state index is 0.491. The lowest BCUT2D eigenvalue weighted by Gasteiger charge is -2.09.